The lowest BCUT2D eigenvalue weighted by Gasteiger charge is -2.16. The molecule has 5 nitrogen and oxygen atoms in total. The molecule has 4 aromatic heterocycles. The lowest BCUT2D eigenvalue weighted by Crippen LogP contribution is -2.02. The van der Waals surface area contributed by atoms with Crippen molar-refractivity contribution in [2.75, 3.05) is 0 Å². The van der Waals surface area contributed by atoms with Gasteiger partial charge in [-0.05, 0) is 77.0 Å². The summed E-state index contributed by atoms with van der Waals surface area (Å²) >= 11 is 1.83. The van der Waals surface area contributed by atoms with Crippen molar-refractivity contribution >= 4 is 86.0 Å². The summed E-state index contributed by atoms with van der Waals surface area (Å²) in [5, 5.41) is 9.51. The summed E-state index contributed by atoms with van der Waals surface area (Å²) in [5.41, 5.74) is 9.90. The molecule has 0 fully saturated rings. The van der Waals surface area contributed by atoms with E-state index in [4.69, 9.17) is 19.4 Å². The Balaban J connectivity index is 1.09. The Morgan fingerprint density at radius 3 is 1.95 bits per heavy atom. The van der Waals surface area contributed by atoms with E-state index in [0.29, 0.717) is 17.5 Å². The van der Waals surface area contributed by atoms with Crippen LogP contribution in [-0.2, 0) is 0 Å². The molecule has 0 aliphatic heterocycles. The predicted molar refractivity (Wildman–Crippen MR) is 254 cm³/mol. The fraction of sp³-hybridized carbons (Fsp3) is 0. The Morgan fingerprint density at radius 2 is 1.07 bits per heavy atom. The number of rotatable bonds is 5. The van der Waals surface area contributed by atoms with Crippen LogP contribution in [0.15, 0.2) is 199 Å². The molecule has 4 heterocycles. The molecule has 0 aliphatic rings. The van der Waals surface area contributed by atoms with Gasteiger partial charge in [-0.1, -0.05) is 133 Å². The molecule has 61 heavy (non-hydrogen) atoms. The molecule has 0 aliphatic carbocycles. The van der Waals surface area contributed by atoms with Crippen molar-refractivity contribution in [2.45, 2.75) is 0 Å². The Labute approximate surface area is 353 Å². The number of fused-ring (bicyclic) bond motifs is 10. The largest absolute Gasteiger partial charge is 0.456 e. The van der Waals surface area contributed by atoms with E-state index in [2.05, 4.69) is 162 Å². The van der Waals surface area contributed by atoms with Crippen LogP contribution < -0.4 is 0 Å². The van der Waals surface area contributed by atoms with Crippen LogP contribution in [0.2, 0.25) is 0 Å². The first-order valence-corrected chi connectivity index (χ1v) is 21.2. The van der Waals surface area contributed by atoms with Crippen molar-refractivity contribution < 1.29 is 4.42 Å². The van der Waals surface area contributed by atoms with Crippen LogP contribution in [0.3, 0.4) is 0 Å². The average Bonchev–Trinajstić information content (AvgIpc) is 4.00. The summed E-state index contributed by atoms with van der Waals surface area (Å²) in [5.74, 6) is 1.78. The van der Waals surface area contributed by atoms with Crippen molar-refractivity contribution in [2.24, 2.45) is 0 Å². The highest BCUT2D eigenvalue weighted by molar-refractivity contribution is 7.26. The Hall–Kier alpha value is -7.93. The first-order valence-electron chi connectivity index (χ1n) is 20.4. The summed E-state index contributed by atoms with van der Waals surface area (Å²) in [4.78, 5) is 15.7. The normalized spacial score (nSPS) is 11.9. The quantitative estimate of drug-likeness (QED) is 0.174. The molecule has 0 radical (unpaired) electrons. The summed E-state index contributed by atoms with van der Waals surface area (Å²) < 4.78 is 11.2. The molecule has 0 atom stereocenters. The summed E-state index contributed by atoms with van der Waals surface area (Å²) in [7, 11) is 0. The van der Waals surface area contributed by atoms with Gasteiger partial charge in [0, 0.05) is 69.7 Å². The Bertz CT molecular complexity index is 3900. The first-order chi connectivity index (χ1) is 30.2. The van der Waals surface area contributed by atoms with Gasteiger partial charge in [0.25, 0.3) is 0 Å². The number of hydrogen-bond acceptors (Lipinski definition) is 5. The molecule has 13 rings (SSSR count). The zero-order chi connectivity index (χ0) is 40.0. The lowest BCUT2D eigenvalue weighted by atomic mass is 9.96. The van der Waals surface area contributed by atoms with E-state index in [0.717, 1.165) is 66.5 Å². The topological polar surface area (TPSA) is 56.7 Å². The second-order valence-corrected chi connectivity index (χ2v) is 16.6. The third-order valence-electron chi connectivity index (χ3n) is 12.0. The number of thiophene rings is 1. The number of aromatic nitrogens is 4. The van der Waals surface area contributed by atoms with Gasteiger partial charge in [-0.3, -0.25) is 0 Å². The minimum absolute atomic E-state index is 0.579. The minimum atomic E-state index is 0.579. The van der Waals surface area contributed by atoms with E-state index >= 15 is 0 Å². The molecule has 0 amide bonds. The van der Waals surface area contributed by atoms with E-state index < -0.39 is 0 Å². The molecule has 0 N–H and O–H groups in total. The maximum Gasteiger partial charge on any atom is 0.164 e. The van der Waals surface area contributed by atoms with Crippen LogP contribution in [0.5, 0.6) is 0 Å². The Kier molecular flexibility index (Phi) is 7.41. The van der Waals surface area contributed by atoms with Gasteiger partial charge in [-0.25, -0.2) is 15.0 Å². The summed E-state index contributed by atoms with van der Waals surface area (Å²) in [6.45, 7) is 0. The standard InChI is InChI=1S/C55H32N4OS/c1-2-13-33(14-3-1)53-56-54(36-25-27-40-39-18-7-10-23-49(39)60-50(40)31-36)58-55(57-53)44-28-26-37(32-45(44)43-21-12-20-42-41-19-8-11-24-51(41)61-52(42)43)59-47-22-9-6-17-38(47)46-29-34-15-4-5-16-35(34)30-48(46)59/h1-32H. The SMILES string of the molecule is c1ccc(-c2nc(-c3ccc4c(c3)oc3ccccc34)nc(-c3ccc(-n4c5ccccc5c5cc6ccccc6cc54)cc3-c3cccc4c3sc3ccccc34)n2)cc1. The smallest absolute Gasteiger partial charge is 0.164 e. The van der Waals surface area contributed by atoms with Crippen LogP contribution in [0, 0.1) is 0 Å². The van der Waals surface area contributed by atoms with Gasteiger partial charge in [0.05, 0.1) is 11.0 Å². The molecule has 0 saturated heterocycles. The van der Waals surface area contributed by atoms with Gasteiger partial charge in [-0.2, -0.15) is 0 Å². The van der Waals surface area contributed by atoms with Gasteiger partial charge in [0.2, 0.25) is 0 Å². The van der Waals surface area contributed by atoms with Crippen molar-refractivity contribution in [3.8, 4) is 51.0 Å². The Morgan fingerprint density at radius 1 is 0.377 bits per heavy atom. The van der Waals surface area contributed by atoms with E-state index in [-0.39, 0.29) is 0 Å². The summed E-state index contributed by atoms with van der Waals surface area (Å²) in [6, 6.07) is 68.7. The fourth-order valence-electron chi connectivity index (χ4n) is 9.19. The third kappa shape index (κ3) is 5.36. The second kappa shape index (κ2) is 13.3. The molecular formula is C55H32N4OS. The number of hydrogen-bond donors (Lipinski definition) is 0. The van der Waals surface area contributed by atoms with Crippen LogP contribution in [-0.4, -0.2) is 19.5 Å². The third-order valence-corrected chi connectivity index (χ3v) is 13.3. The van der Waals surface area contributed by atoms with Gasteiger partial charge in [-0.15, -0.1) is 11.3 Å². The molecule has 0 bridgehead atoms. The van der Waals surface area contributed by atoms with Crippen molar-refractivity contribution in [3.05, 3.63) is 194 Å². The first kappa shape index (κ1) is 34.0. The number of furan rings is 1. The van der Waals surface area contributed by atoms with Crippen molar-refractivity contribution in [1.82, 2.24) is 19.5 Å². The average molecular weight is 797 g/mol. The summed E-state index contributed by atoms with van der Waals surface area (Å²) in [6.07, 6.45) is 0. The zero-order valence-corrected chi connectivity index (χ0v) is 33.4. The van der Waals surface area contributed by atoms with Gasteiger partial charge >= 0.3 is 0 Å². The molecule has 6 heteroatoms. The molecule has 0 saturated carbocycles. The molecule has 0 spiro atoms. The van der Waals surface area contributed by atoms with E-state index in [1.54, 1.807) is 0 Å². The van der Waals surface area contributed by atoms with Crippen LogP contribution in [0.25, 0.3) is 126 Å². The predicted octanol–water partition coefficient (Wildman–Crippen LogP) is 15.1. The van der Waals surface area contributed by atoms with Crippen LogP contribution >= 0.6 is 11.3 Å². The zero-order valence-electron chi connectivity index (χ0n) is 32.6. The highest BCUT2D eigenvalue weighted by atomic mass is 32.1. The van der Waals surface area contributed by atoms with E-state index in [1.165, 1.54) is 41.7 Å². The monoisotopic (exact) mass is 796 g/mol. The second-order valence-electron chi connectivity index (χ2n) is 15.6. The minimum Gasteiger partial charge on any atom is -0.456 e. The van der Waals surface area contributed by atoms with E-state index in [1.807, 2.05) is 47.7 Å². The molecular weight excluding hydrogens is 765 g/mol. The highest BCUT2D eigenvalue weighted by Crippen LogP contribution is 2.44. The van der Waals surface area contributed by atoms with Gasteiger partial charge < -0.3 is 8.98 Å². The molecule has 9 aromatic carbocycles. The van der Waals surface area contributed by atoms with Gasteiger partial charge in [0.15, 0.2) is 17.5 Å². The highest BCUT2D eigenvalue weighted by Gasteiger charge is 2.22. The lowest BCUT2D eigenvalue weighted by molar-refractivity contribution is 0.669. The van der Waals surface area contributed by atoms with Crippen LogP contribution in [0.4, 0.5) is 0 Å². The maximum atomic E-state index is 6.35. The van der Waals surface area contributed by atoms with Gasteiger partial charge in [0.1, 0.15) is 11.2 Å². The number of para-hydroxylation sites is 2. The number of benzene rings is 9. The molecule has 0 unspecified atom stereocenters. The number of nitrogens with zero attached hydrogens (tertiary/aromatic N) is 4. The maximum absolute atomic E-state index is 6.35. The van der Waals surface area contributed by atoms with Crippen molar-refractivity contribution in [1.29, 1.82) is 0 Å². The van der Waals surface area contributed by atoms with Crippen LogP contribution in [0.1, 0.15) is 0 Å². The van der Waals surface area contributed by atoms with Crippen molar-refractivity contribution in [3.63, 3.8) is 0 Å². The van der Waals surface area contributed by atoms with E-state index in [9.17, 15) is 0 Å². The molecule has 13 aromatic rings. The fourth-order valence-corrected chi connectivity index (χ4v) is 10.4. The molecule has 284 valence electrons.